The van der Waals surface area contributed by atoms with E-state index in [1.54, 1.807) is 11.9 Å². The normalized spacial score (nSPS) is 20.1. The Labute approximate surface area is 230 Å². The number of halogens is 6. The van der Waals surface area contributed by atoms with Gasteiger partial charge >= 0.3 is 6.18 Å². The van der Waals surface area contributed by atoms with Crippen molar-refractivity contribution in [3.8, 4) is 11.3 Å². The number of piperidine rings is 1. The van der Waals surface area contributed by atoms with Crippen molar-refractivity contribution < 1.29 is 31.1 Å². The first-order chi connectivity index (χ1) is 19.4. The molecule has 0 aromatic carbocycles. The van der Waals surface area contributed by atoms with Crippen molar-refractivity contribution in [1.82, 2.24) is 34.0 Å². The van der Waals surface area contributed by atoms with E-state index in [-0.39, 0.29) is 70.8 Å². The molecule has 2 fully saturated rings. The molecule has 2 aliphatic heterocycles. The van der Waals surface area contributed by atoms with Crippen LogP contribution in [0.25, 0.3) is 27.9 Å². The van der Waals surface area contributed by atoms with E-state index < -0.39 is 30.4 Å². The van der Waals surface area contributed by atoms with Crippen molar-refractivity contribution in [3.63, 3.8) is 0 Å². The fourth-order valence-electron chi connectivity index (χ4n) is 5.66. The summed E-state index contributed by atoms with van der Waals surface area (Å²) in [6.45, 7) is 1.39. The molecule has 2 aliphatic rings. The first kappa shape index (κ1) is 27.7. The van der Waals surface area contributed by atoms with Crippen LogP contribution >= 0.6 is 0 Å². The second-order valence-electron chi connectivity index (χ2n) is 10.6. The van der Waals surface area contributed by atoms with Crippen LogP contribution in [0.4, 0.5) is 32.2 Å². The largest absolute Gasteiger partial charge is 0.406 e. The summed E-state index contributed by atoms with van der Waals surface area (Å²) in [6.07, 6.45) is -2.72. The van der Waals surface area contributed by atoms with Crippen LogP contribution in [0.15, 0.2) is 18.3 Å². The van der Waals surface area contributed by atoms with E-state index in [2.05, 4.69) is 25.4 Å². The lowest BCUT2D eigenvalue weighted by atomic mass is 9.87. The van der Waals surface area contributed by atoms with Crippen molar-refractivity contribution in [2.75, 3.05) is 38.7 Å². The maximum absolute atomic E-state index is 15.4. The number of likely N-dealkylation sites (tertiary alicyclic amines) is 1. The van der Waals surface area contributed by atoms with E-state index in [0.717, 1.165) is 10.8 Å². The van der Waals surface area contributed by atoms with Gasteiger partial charge in [-0.15, -0.1) is 0 Å². The van der Waals surface area contributed by atoms with Gasteiger partial charge in [0.15, 0.2) is 23.1 Å². The molecule has 0 spiro atoms. The van der Waals surface area contributed by atoms with Crippen molar-refractivity contribution >= 4 is 22.5 Å². The fraction of sp³-hybridized carbons (Fsp3) is 0.538. The second-order valence-corrected chi connectivity index (χ2v) is 10.6. The molecule has 0 saturated carbocycles. The molecule has 9 nitrogen and oxygen atoms in total. The van der Waals surface area contributed by atoms with E-state index in [0.29, 0.717) is 26.2 Å². The van der Waals surface area contributed by atoms with Gasteiger partial charge in [0.2, 0.25) is 0 Å². The molecule has 0 unspecified atom stereocenters. The average molecular weight is 583 g/mol. The molecule has 220 valence electrons. The summed E-state index contributed by atoms with van der Waals surface area (Å²) in [5, 5.41) is 7.28. The summed E-state index contributed by atoms with van der Waals surface area (Å²) in [7, 11) is 1.58. The van der Waals surface area contributed by atoms with E-state index in [4.69, 9.17) is 4.74 Å². The number of fused-ring (bicyclic) bond motifs is 2. The van der Waals surface area contributed by atoms with Crippen molar-refractivity contribution in [2.24, 2.45) is 5.92 Å². The Hall–Kier alpha value is -3.46. The molecule has 4 aromatic heterocycles. The number of aromatic nitrogens is 6. The van der Waals surface area contributed by atoms with Crippen molar-refractivity contribution in [3.05, 3.63) is 35.8 Å². The minimum absolute atomic E-state index is 0.000842. The Bertz CT molecular complexity index is 1590. The summed E-state index contributed by atoms with van der Waals surface area (Å²) in [4.78, 5) is 14.7. The molecule has 0 amide bonds. The van der Waals surface area contributed by atoms with E-state index in [1.807, 2.05) is 0 Å². The molecule has 4 aromatic rings. The van der Waals surface area contributed by atoms with Gasteiger partial charge in [0.05, 0.1) is 43.3 Å². The molecule has 0 aliphatic carbocycles. The summed E-state index contributed by atoms with van der Waals surface area (Å²) in [5.41, 5.74) is 0.517. The van der Waals surface area contributed by atoms with Crippen LogP contribution in [0.2, 0.25) is 0 Å². The van der Waals surface area contributed by atoms with Crippen LogP contribution in [-0.2, 0) is 17.7 Å². The van der Waals surface area contributed by atoms with Crippen LogP contribution < -0.4 is 5.32 Å². The van der Waals surface area contributed by atoms with Gasteiger partial charge in [-0.05, 0) is 38.4 Å². The zero-order valence-corrected chi connectivity index (χ0v) is 22.4. The summed E-state index contributed by atoms with van der Waals surface area (Å²) < 4.78 is 92.2. The van der Waals surface area contributed by atoms with E-state index in [1.165, 1.54) is 23.6 Å². The quantitative estimate of drug-likeness (QED) is 0.322. The highest BCUT2D eigenvalue weighted by Gasteiger charge is 2.46. The lowest BCUT2D eigenvalue weighted by molar-refractivity contribution is -0.154. The lowest BCUT2D eigenvalue weighted by Gasteiger charge is -2.44. The smallest absolute Gasteiger partial charge is 0.378 e. The number of anilines is 1. The maximum Gasteiger partial charge on any atom is 0.406 e. The highest BCUT2D eigenvalue weighted by molar-refractivity contribution is 5.89. The number of imidazole rings is 1. The molecule has 6 rings (SSSR count). The summed E-state index contributed by atoms with van der Waals surface area (Å²) >= 11 is 0. The third kappa shape index (κ3) is 5.20. The average Bonchev–Trinajstić information content (AvgIpc) is 3.35. The predicted octanol–water partition coefficient (Wildman–Crippen LogP) is 4.48. The van der Waals surface area contributed by atoms with Crippen LogP contribution in [0.1, 0.15) is 24.5 Å². The molecule has 41 heavy (non-hydrogen) atoms. The Balaban J connectivity index is 1.29. The molecule has 1 atom stereocenters. The Morgan fingerprint density at radius 2 is 1.93 bits per heavy atom. The number of rotatable bonds is 7. The van der Waals surface area contributed by atoms with Crippen LogP contribution in [0.5, 0.6) is 0 Å². The number of hydrogen-bond donors (Lipinski definition) is 1. The van der Waals surface area contributed by atoms with Gasteiger partial charge in [0, 0.05) is 19.4 Å². The number of alkyl halides is 5. The van der Waals surface area contributed by atoms with Crippen LogP contribution in [0.3, 0.4) is 0 Å². The Morgan fingerprint density at radius 3 is 2.59 bits per heavy atom. The molecule has 15 heteroatoms. The number of hydrogen-bond acceptors (Lipinski definition) is 7. The predicted molar refractivity (Wildman–Crippen MR) is 137 cm³/mol. The number of aryl methyl sites for hydroxylation is 2. The monoisotopic (exact) mass is 582 g/mol. The van der Waals surface area contributed by atoms with Gasteiger partial charge < -0.3 is 14.6 Å². The topological polar surface area (TPSA) is 85.4 Å². The summed E-state index contributed by atoms with van der Waals surface area (Å²) in [5.74, 6) is -3.79. The molecule has 6 heterocycles. The zero-order chi connectivity index (χ0) is 29.1. The first-order valence-electron chi connectivity index (χ1n) is 13.3. The van der Waals surface area contributed by atoms with Crippen molar-refractivity contribution in [2.45, 2.75) is 50.9 Å². The molecule has 2 saturated heterocycles. The third-order valence-electron chi connectivity index (χ3n) is 7.87. The van der Waals surface area contributed by atoms with E-state index >= 15 is 4.39 Å². The maximum atomic E-state index is 15.4. The third-order valence-corrected chi connectivity index (χ3v) is 7.87. The second kappa shape index (κ2) is 10.1. The Kier molecular flexibility index (Phi) is 6.83. The molecular weight excluding hydrogens is 554 g/mol. The van der Waals surface area contributed by atoms with E-state index in [9.17, 15) is 22.0 Å². The number of nitrogens with one attached hydrogen (secondary N) is 1. The van der Waals surface area contributed by atoms with Crippen LogP contribution in [-0.4, -0.2) is 85.5 Å². The zero-order valence-electron chi connectivity index (χ0n) is 22.4. The van der Waals surface area contributed by atoms with Gasteiger partial charge in [-0.2, -0.15) is 18.3 Å². The van der Waals surface area contributed by atoms with Gasteiger partial charge in [0.25, 0.3) is 5.92 Å². The fourth-order valence-corrected chi connectivity index (χ4v) is 5.66. The first-order valence-corrected chi connectivity index (χ1v) is 13.3. The van der Waals surface area contributed by atoms with Gasteiger partial charge in [-0.1, -0.05) is 0 Å². The minimum Gasteiger partial charge on any atom is -0.378 e. The SMILES string of the molecule is CNc1nc(CC[C@@H]2CCN(C3COC3)CC2(F)F)nn2cc(F)c(-c3ccc4nc(C)n(CC(F)(F)F)c4n3)c12. The molecule has 1 N–H and O–H groups in total. The molecular formula is C26H28F6N8O. The molecule has 0 bridgehead atoms. The number of pyridine rings is 1. The lowest BCUT2D eigenvalue weighted by Crippen LogP contribution is -2.57. The highest BCUT2D eigenvalue weighted by atomic mass is 19.4. The van der Waals surface area contributed by atoms with Gasteiger partial charge in [0.1, 0.15) is 23.4 Å². The highest BCUT2D eigenvalue weighted by Crippen LogP contribution is 2.38. The number of ether oxygens (including phenoxy) is 1. The van der Waals surface area contributed by atoms with Crippen molar-refractivity contribution in [1.29, 1.82) is 0 Å². The number of nitrogens with zero attached hydrogens (tertiary/aromatic N) is 7. The minimum atomic E-state index is -4.50. The van der Waals surface area contributed by atoms with Gasteiger partial charge in [-0.3, -0.25) is 4.90 Å². The van der Waals surface area contributed by atoms with Crippen LogP contribution in [0, 0.1) is 18.7 Å². The summed E-state index contributed by atoms with van der Waals surface area (Å²) in [6, 6.07) is 3.01. The molecule has 0 radical (unpaired) electrons. The standard InChI is InChI=1S/C26H28F6N8O/c1-14-34-19-5-4-18(35-24(19)39(14)13-26(30,31)32)21-17(27)9-40-22(21)23(33-2)36-20(37-40)6-3-15-7-8-38(12-25(15,28)29)16-10-41-11-16/h4-5,9,15-16H,3,6-8,10-13H2,1-2H3,(H,33,36,37)/t15-/m1/s1. The Morgan fingerprint density at radius 1 is 1.15 bits per heavy atom. The van der Waals surface area contributed by atoms with Gasteiger partial charge in [-0.25, -0.2) is 32.6 Å².